The van der Waals surface area contributed by atoms with Gasteiger partial charge in [0.15, 0.2) is 5.01 Å². The number of halogens is 1. The van der Waals surface area contributed by atoms with Crippen LogP contribution in [0.15, 0.2) is 78.9 Å². The maximum absolute atomic E-state index is 13.2. The molecule has 9 heteroatoms. The predicted octanol–water partition coefficient (Wildman–Crippen LogP) is 4.44. The number of nitrogens with zero attached hydrogens (tertiary/aromatic N) is 2. The van der Waals surface area contributed by atoms with E-state index in [-0.39, 0.29) is 29.9 Å². The molecule has 3 aromatic carbocycles. The van der Waals surface area contributed by atoms with Gasteiger partial charge in [-0.1, -0.05) is 41.7 Å². The third kappa shape index (κ3) is 6.20. The quantitative estimate of drug-likeness (QED) is 0.404. The summed E-state index contributed by atoms with van der Waals surface area (Å²) in [5, 5.41) is 14.2. The molecule has 0 saturated carbocycles. The van der Waals surface area contributed by atoms with Crippen molar-refractivity contribution in [1.29, 1.82) is 0 Å². The molecular weight excluding hydrogens is 443 g/mol. The maximum Gasteiger partial charge on any atom is 0.286 e. The molecule has 0 aliphatic heterocycles. The zero-order chi connectivity index (χ0) is 23.0. The van der Waals surface area contributed by atoms with E-state index in [1.165, 1.54) is 12.1 Å². The van der Waals surface area contributed by atoms with Gasteiger partial charge in [0, 0.05) is 17.8 Å². The van der Waals surface area contributed by atoms with Crippen LogP contribution in [0.5, 0.6) is 5.75 Å². The third-order valence-electron chi connectivity index (χ3n) is 4.51. The van der Waals surface area contributed by atoms with Gasteiger partial charge in [0.05, 0.1) is 0 Å². The van der Waals surface area contributed by atoms with E-state index in [9.17, 15) is 14.0 Å². The number of carbonyl (C=O) groups is 2. The standard InChI is InChI=1S/C24H19FN4O3S/c25-18-6-4-5-16(13-18)14-26-22(30)17-9-11-19(12-10-17)27-23(31)24-29-28-21(33-24)15-32-20-7-2-1-3-8-20/h1-13H,14-15H2,(H,26,30)(H,27,31). The maximum atomic E-state index is 13.2. The Morgan fingerprint density at radius 3 is 2.45 bits per heavy atom. The zero-order valence-corrected chi connectivity index (χ0v) is 18.1. The van der Waals surface area contributed by atoms with Gasteiger partial charge in [-0.3, -0.25) is 9.59 Å². The SMILES string of the molecule is O=C(NCc1cccc(F)c1)c1ccc(NC(=O)c2nnc(COc3ccccc3)s2)cc1. The second kappa shape index (κ2) is 10.5. The van der Waals surface area contributed by atoms with Crippen molar-refractivity contribution in [2.75, 3.05) is 5.32 Å². The van der Waals surface area contributed by atoms with Crippen molar-refractivity contribution in [3.05, 3.63) is 106 Å². The van der Waals surface area contributed by atoms with Crippen LogP contribution in [0, 0.1) is 5.82 Å². The van der Waals surface area contributed by atoms with E-state index < -0.39 is 5.91 Å². The van der Waals surface area contributed by atoms with Crippen molar-refractivity contribution in [1.82, 2.24) is 15.5 Å². The van der Waals surface area contributed by atoms with Crippen molar-refractivity contribution < 1.29 is 18.7 Å². The van der Waals surface area contributed by atoms with Gasteiger partial charge in [-0.15, -0.1) is 10.2 Å². The molecular formula is C24H19FN4O3S. The highest BCUT2D eigenvalue weighted by Crippen LogP contribution is 2.17. The molecule has 0 saturated heterocycles. The molecule has 0 unspecified atom stereocenters. The Hall–Kier alpha value is -4.11. The summed E-state index contributed by atoms with van der Waals surface area (Å²) >= 11 is 1.14. The Morgan fingerprint density at radius 1 is 0.909 bits per heavy atom. The Balaban J connectivity index is 1.29. The molecule has 33 heavy (non-hydrogen) atoms. The minimum absolute atomic E-state index is 0.207. The summed E-state index contributed by atoms with van der Waals surface area (Å²) in [6.07, 6.45) is 0. The van der Waals surface area contributed by atoms with Crippen LogP contribution in [0.1, 0.15) is 30.7 Å². The first-order valence-electron chi connectivity index (χ1n) is 10.0. The van der Waals surface area contributed by atoms with Gasteiger partial charge in [0.1, 0.15) is 18.2 Å². The lowest BCUT2D eigenvalue weighted by Crippen LogP contribution is -2.22. The van der Waals surface area contributed by atoms with Crippen LogP contribution in [-0.4, -0.2) is 22.0 Å². The normalized spacial score (nSPS) is 10.5. The molecule has 0 fully saturated rings. The van der Waals surface area contributed by atoms with Crippen LogP contribution in [0.3, 0.4) is 0 Å². The number of benzene rings is 3. The molecule has 4 rings (SSSR count). The highest BCUT2D eigenvalue weighted by molar-refractivity contribution is 7.13. The van der Waals surface area contributed by atoms with Crippen LogP contribution >= 0.6 is 11.3 Å². The van der Waals surface area contributed by atoms with Crippen LogP contribution in [-0.2, 0) is 13.2 Å². The molecule has 0 aliphatic rings. The summed E-state index contributed by atoms with van der Waals surface area (Å²) < 4.78 is 18.8. The third-order valence-corrected chi connectivity index (χ3v) is 5.41. The number of para-hydroxylation sites is 1. The summed E-state index contributed by atoms with van der Waals surface area (Å²) in [5.41, 5.74) is 1.59. The van der Waals surface area contributed by atoms with Crippen molar-refractivity contribution >= 4 is 28.8 Å². The van der Waals surface area contributed by atoms with Crippen molar-refractivity contribution in [2.45, 2.75) is 13.2 Å². The van der Waals surface area contributed by atoms with E-state index in [1.54, 1.807) is 36.4 Å². The number of ether oxygens (including phenoxy) is 1. The lowest BCUT2D eigenvalue weighted by molar-refractivity contribution is 0.0950. The number of rotatable bonds is 8. The number of hydrogen-bond donors (Lipinski definition) is 2. The molecule has 0 radical (unpaired) electrons. The summed E-state index contributed by atoms with van der Waals surface area (Å²) in [7, 11) is 0. The second-order valence-electron chi connectivity index (χ2n) is 6.95. The van der Waals surface area contributed by atoms with Crippen LogP contribution in [0.2, 0.25) is 0 Å². The van der Waals surface area contributed by atoms with Gasteiger partial charge in [-0.05, 0) is 54.1 Å². The average molecular weight is 463 g/mol. The number of nitrogens with one attached hydrogen (secondary N) is 2. The van der Waals surface area contributed by atoms with E-state index in [2.05, 4.69) is 20.8 Å². The summed E-state index contributed by atoms with van der Waals surface area (Å²) in [6.45, 7) is 0.427. The van der Waals surface area contributed by atoms with Gasteiger partial charge in [-0.2, -0.15) is 0 Å². The van der Waals surface area contributed by atoms with Gasteiger partial charge in [0.25, 0.3) is 11.8 Å². The van der Waals surface area contributed by atoms with Gasteiger partial charge < -0.3 is 15.4 Å². The molecule has 7 nitrogen and oxygen atoms in total. The molecule has 2 N–H and O–H groups in total. The molecule has 0 bridgehead atoms. The molecule has 1 heterocycles. The number of carbonyl (C=O) groups excluding carboxylic acids is 2. The first kappa shape index (κ1) is 22.1. The second-order valence-corrected chi connectivity index (χ2v) is 8.01. The predicted molar refractivity (Wildman–Crippen MR) is 123 cm³/mol. The Kier molecular flexibility index (Phi) is 7.01. The summed E-state index contributed by atoms with van der Waals surface area (Å²) in [4.78, 5) is 24.8. The van der Waals surface area contributed by atoms with Crippen molar-refractivity contribution in [2.24, 2.45) is 0 Å². The van der Waals surface area contributed by atoms with Crippen LogP contribution < -0.4 is 15.4 Å². The number of anilines is 1. The fourth-order valence-electron chi connectivity index (χ4n) is 2.89. The average Bonchev–Trinajstić information content (AvgIpc) is 3.32. The molecule has 2 amide bonds. The van der Waals surface area contributed by atoms with Gasteiger partial charge in [-0.25, -0.2) is 4.39 Å². The van der Waals surface area contributed by atoms with Gasteiger partial charge in [0.2, 0.25) is 5.01 Å². The van der Waals surface area contributed by atoms with Crippen molar-refractivity contribution in [3.8, 4) is 5.75 Å². The monoisotopic (exact) mass is 462 g/mol. The van der Waals surface area contributed by atoms with E-state index in [1.807, 2.05) is 30.3 Å². The summed E-state index contributed by atoms with van der Waals surface area (Å²) in [6, 6.07) is 21.8. The first-order valence-corrected chi connectivity index (χ1v) is 10.8. The summed E-state index contributed by atoms with van der Waals surface area (Å²) in [5.74, 6) is -0.349. The Morgan fingerprint density at radius 2 is 1.70 bits per heavy atom. The minimum Gasteiger partial charge on any atom is -0.486 e. The zero-order valence-electron chi connectivity index (χ0n) is 17.3. The molecule has 1 aromatic heterocycles. The lowest BCUT2D eigenvalue weighted by atomic mass is 10.1. The van der Waals surface area contributed by atoms with Gasteiger partial charge >= 0.3 is 0 Å². The number of hydrogen-bond acceptors (Lipinski definition) is 6. The number of amides is 2. The molecule has 0 atom stereocenters. The smallest absolute Gasteiger partial charge is 0.286 e. The Bertz CT molecular complexity index is 1250. The van der Waals surface area contributed by atoms with E-state index >= 15 is 0 Å². The topological polar surface area (TPSA) is 93.2 Å². The molecule has 4 aromatic rings. The fraction of sp³-hybridized carbons (Fsp3) is 0.0833. The lowest BCUT2D eigenvalue weighted by Gasteiger charge is -2.07. The van der Waals surface area contributed by atoms with E-state index in [0.29, 0.717) is 27.6 Å². The largest absolute Gasteiger partial charge is 0.486 e. The molecule has 166 valence electrons. The highest BCUT2D eigenvalue weighted by Gasteiger charge is 2.14. The van der Waals surface area contributed by atoms with Crippen LogP contribution in [0.25, 0.3) is 0 Å². The molecule has 0 aliphatic carbocycles. The number of aromatic nitrogens is 2. The fourth-order valence-corrected chi connectivity index (χ4v) is 3.53. The van der Waals surface area contributed by atoms with E-state index in [4.69, 9.17) is 4.74 Å². The van der Waals surface area contributed by atoms with Crippen molar-refractivity contribution in [3.63, 3.8) is 0 Å². The van der Waals surface area contributed by atoms with Crippen LogP contribution in [0.4, 0.5) is 10.1 Å². The van der Waals surface area contributed by atoms with E-state index in [0.717, 1.165) is 11.3 Å². The highest BCUT2D eigenvalue weighted by atomic mass is 32.1. The Labute approximate surface area is 193 Å². The minimum atomic E-state index is -0.401. The molecule has 0 spiro atoms. The first-order chi connectivity index (χ1) is 16.1.